The molecule has 1 amide bonds. The molecule has 0 bridgehead atoms. The van der Waals surface area contributed by atoms with Crippen LogP contribution in [0.5, 0.6) is 11.5 Å². The Hall–Kier alpha value is -2.22. The van der Waals surface area contributed by atoms with Crippen LogP contribution in [0.25, 0.3) is 0 Å². The van der Waals surface area contributed by atoms with Crippen LogP contribution in [0, 0.1) is 6.92 Å². The number of nitrogens with zero attached hydrogens (tertiary/aromatic N) is 2. The van der Waals surface area contributed by atoms with Crippen molar-refractivity contribution >= 4 is 17.7 Å². The summed E-state index contributed by atoms with van der Waals surface area (Å²) < 4.78 is 16.6. The SMILES string of the molecule is COc1ccc2c(c1)C(NC(=O)CSc1nnc(C)o1)CC(C)(C)O2. The van der Waals surface area contributed by atoms with Crippen molar-refractivity contribution in [2.75, 3.05) is 12.9 Å². The average molecular weight is 363 g/mol. The van der Waals surface area contributed by atoms with Crippen LogP contribution in [0.1, 0.15) is 37.8 Å². The summed E-state index contributed by atoms with van der Waals surface area (Å²) in [5, 5.41) is 11.1. The lowest BCUT2D eigenvalue weighted by Gasteiger charge is -2.38. The molecule has 1 aliphatic rings. The molecule has 0 radical (unpaired) electrons. The highest BCUT2D eigenvalue weighted by Crippen LogP contribution is 2.41. The Morgan fingerprint density at radius 2 is 2.24 bits per heavy atom. The topological polar surface area (TPSA) is 86.5 Å². The molecule has 1 atom stereocenters. The maximum absolute atomic E-state index is 12.4. The second-order valence-electron chi connectivity index (χ2n) is 6.47. The van der Waals surface area contributed by atoms with Gasteiger partial charge in [-0.15, -0.1) is 10.2 Å². The van der Waals surface area contributed by atoms with Gasteiger partial charge in [0.05, 0.1) is 18.9 Å². The Bertz CT molecular complexity index is 775. The molecule has 1 aliphatic heterocycles. The summed E-state index contributed by atoms with van der Waals surface area (Å²) in [5.74, 6) is 2.09. The molecule has 0 saturated carbocycles. The predicted octanol–water partition coefficient (Wildman–Crippen LogP) is 2.90. The van der Waals surface area contributed by atoms with Crippen LogP contribution in [0.2, 0.25) is 0 Å². The first kappa shape index (κ1) is 17.6. The Labute approximate surface area is 150 Å². The quantitative estimate of drug-likeness (QED) is 0.817. The molecule has 0 spiro atoms. The summed E-state index contributed by atoms with van der Waals surface area (Å²) in [4.78, 5) is 12.4. The number of aryl methyl sites for hydroxylation is 1. The van der Waals surface area contributed by atoms with Crippen LogP contribution >= 0.6 is 11.8 Å². The number of nitrogens with one attached hydrogen (secondary N) is 1. The molecule has 1 N–H and O–H groups in total. The molecule has 0 fully saturated rings. The number of carbonyl (C=O) groups excluding carboxylic acids is 1. The molecule has 1 aromatic carbocycles. The number of amides is 1. The fourth-order valence-corrected chi connectivity index (χ4v) is 3.40. The van der Waals surface area contributed by atoms with E-state index in [2.05, 4.69) is 15.5 Å². The number of thioether (sulfide) groups is 1. The minimum Gasteiger partial charge on any atom is -0.497 e. The van der Waals surface area contributed by atoms with E-state index in [0.29, 0.717) is 17.5 Å². The van der Waals surface area contributed by atoms with Crippen molar-refractivity contribution in [1.29, 1.82) is 0 Å². The van der Waals surface area contributed by atoms with E-state index in [1.54, 1.807) is 14.0 Å². The lowest BCUT2D eigenvalue weighted by atomic mass is 9.89. The first-order valence-electron chi connectivity index (χ1n) is 7.95. The first-order valence-corrected chi connectivity index (χ1v) is 8.94. The maximum Gasteiger partial charge on any atom is 0.277 e. The Morgan fingerprint density at radius 3 is 2.92 bits per heavy atom. The first-order chi connectivity index (χ1) is 11.9. The molecule has 8 heteroatoms. The zero-order chi connectivity index (χ0) is 18.0. The number of fused-ring (bicyclic) bond motifs is 1. The third kappa shape index (κ3) is 4.25. The summed E-state index contributed by atoms with van der Waals surface area (Å²) in [5.41, 5.74) is 0.557. The van der Waals surface area contributed by atoms with Gasteiger partial charge in [0.1, 0.15) is 17.1 Å². The van der Waals surface area contributed by atoms with E-state index in [1.807, 2.05) is 32.0 Å². The molecule has 2 aromatic rings. The Morgan fingerprint density at radius 1 is 1.44 bits per heavy atom. The molecule has 25 heavy (non-hydrogen) atoms. The molecule has 1 aromatic heterocycles. The van der Waals surface area contributed by atoms with Crippen LogP contribution in [-0.4, -0.2) is 34.6 Å². The van der Waals surface area contributed by atoms with Crippen molar-refractivity contribution in [1.82, 2.24) is 15.5 Å². The van der Waals surface area contributed by atoms with E-state index in [9.17, 15) is 4.79 Å². The Kier molecular flexibility index (Phi) is 4.89. The fraction of sp³-hybridized carbons (Fsp3) is 0.471. The van der Waals surface area contributed by atoms with Crippen LogP contribution in [0.4, 0.5) is 0 Å². The average Bonchev–Trinajstić information content (AvgIpc) is 2.97. The van der Waals surface area contributed by atoms with Crippen molar-refractivity contribution < 1.29 is 18.7 Å². The minimum atomic E-state index is -0.365. The fourth-order valence-electron chi connectivity index (χ4n) is 2.79. The van der Waals surface area contributed by atoms with Crippen LogP contribution < -0.4 is 14.8 Å². The number of rotatable bonds is 5. The minimum absolute atomic E-state index is 0.0997. The summed E-state index contributed by atoms with van der Waals surface area (Å²) in [6, 6.07) is 5.49. The number of carbonyl (C=O) groups is 1. The van der Waals surface area contributed by atoms with E-state index >= 15 is 0 Å². The number of ether oxygens (including phenoxy) is 2. The van der Waals surface area contributed by atoms with E-state index in [-0.39, 0.29) is 23.3 Å². The van der Waals surface area contributed by atoms with Gasteiger partial charge in [0, 0.05) is 18.9 Å². The summed E-state index contributed by atoms with van der Waals surface area (Å²) in [6.45, 7) is 5.73. The normalized spacial score (nSPS) is 18.2. The van der Waals surface area contributed by atoms with Gasteiger partial charge in [0.25, 0.3) is 5.22 Å². The van der Waals surface area contributed by atoms with E-state index < -0.39 is 0 Å². The highest BCUT2D eigenvalue weighted by Gasteiger charge is 2.34. The van der Waals surface area contributed by atoms with Crippen molar-refractivity contribution in [2.24, 2.45) is 0 Å². The molecular formula is C17H21N3O4S. The molecule has 1 unspecified atom stereocenters. The third-order valence-electron chi connectivity index (χ3n) is 3.84. The lowest BCUT2D eigenvalue weighted by Crippen LogP contribution is -2.41. The summed E-state index contributed by atoms with van der Waals surface area (Å²) in [6.07, 6.45) is 0.670. The molecule has 2 heterocycles. The van der Waals surface area contributed by atoms with Crippen molar-refractivity contribution in [3.05, 3.63) is 29.7 Å². The molecule has 3 rings (SSSR count). The molecular weight excluding hydrogens is 342 g/mol. The standard InChI is InChI=1S/C17H21N3O4S/c1-10-19-20-16(23-10)25-9-15(21)18-13-8-17(2,3)24-14-6-5-11(22-4)7-12(13)14/h5-7,13H,8-9H2,1-4H3,(H,18,21). The molecule has 0 saturated heterocycles. The maximum atomic E-state index is 12.4. The number of hydrogen-bond donors (Lipinski definition) is 1. The van der Waals surface area contributed by atoms with E-state index in [4.69, 9.17) is 13.9 Å². The predicted molar refractivity (Wildman–Crippen MR) is 93.0 cm³/mol. The van der Waals surface area contributed by atoms with Gasteiger partial charge in [0.2, 0.25) is 11.8 Å². The van der Waals surface area contributed by atoms with Gasteiger partial charge in [-0.25, -0.2) is 0 Å². The molecule has 134 valence electrons. The highest BCUT2D eigenvalue weighted by atomic mass is 32.2. The summed E-state index contributed by atoms with van der Waals surface area (Å²) >= 11 is 1.22. The lowest BCUT2D eigenvalue weighted by molar-refractivity contribution is -0.119. The second-order valence-corrected chi connectivity index (χ2v) is 7.39. The van der Waals surface area contributed by atoms with Gasteiger partial charge in [-0.05, 0) is 32.0 Å². The molecule has 0 aliphatic carbocycles. The third-order valence-corrected chi connectivity index (χ3v) is 4.66. The summed E-state index contributed by atoms with van der Waals surface area (Å²) in [7, 11) is 1.62. The van der Waals surface area contributed by atoms with Crippen LogP contribution in [-0.2, 0) is 4.79 Å². The van der Waals surface area contributed by atoms with Gasteiger partial charge in [0.15, 0.2) is 0 Å². The van der Waals surface area contributed by atoms with E-state index in [0.717, 1.165) is 17.1 Å². The zero-order valence-electron chi connectivity index (χ0n) is 14.7. The second kappa shape index (κ2) is 6.95. The van der Waals surface area contributed by atoms with Crippen molar-refractivity contribution in [3.63, 3.8) is 0 Å². The number of aromatic nitrogens is 2. The smallest absolute Gasteiger partial charge is 0.277 e. The van der Waals surface area contributed by atoms with Gasteiger partial charge < -0.3 is 19.2 Å². The Balaban J connectivity index is 1.71. The monoisotopic (exact) mass is 363 g/mol. The van der Waals surface area contributed by atoms with Crippen molar-refractivity contribution in [3.8, 4) is 11.5 Å². The van der Waals surface area contributed by atoms with Gasteiger partial charge in [-0.2, -0.15) is 0 Å². The molecule has 7 nitrogen and oxygen atoms in total. The van der Waals surface area contributed by atoms with E-state index in [1.165, 1.54) is 11.8 Å². The number of methoxy groups -OCH3 is 1. The van der Waals surface area contributed by atoms with Crippen molar-refractivity contribution in [2.45, 2.75) is 44.1 Å². The van der Waals surface area contributed by atoms with Gasteiger partial charge in [-0.3, -0.25) is 4.79 Å². The number of hydrogen-bond acceptors (Lipinski definition) is 7. The van der Waals surface area contributed by atoms with Gasteiger partial charge in [-0.1, -0.05) is 11.8 Å². The van der Waals surface area contributed by atoms with Crippen LogP contribution in [0.15, 0.2) is 27.8 Å². The number of benzene rings is 1. The highest BCUT2D eigenvalue weighted by molar-refractivity contribution is 7.99. The van der Waals surface area contributed by atoms with Gasteiger partial charge >= 0.3 is 0 Å². The van der Waals surface area contributed by atoms with Crippen LogP contribution in [0.3, 0.4) is 0 Å². The zero-order valence-corrected chi connectivity index (χ0v) is 15.5. The largest absolute Gasteiger partial charge is 0.497 e.